The molecule has 3 atom stereocenters. The summed E-state index contributed by atoms with van der Waals surface area (Å²) in [6.07, 6.45) is 5.04. The number of benzene rings is 2. The highest BCUT2D eigenvalue weighted by atomic mass is 16.7. The lowest BCUT2D eigenvalue weighted by Crippen LogP contribution is -2.15. The molecule has 1 N–H and O–H groups in total. The summed E-state index contributed by atoms with van der Waals surface area (Å²) in [6.45, 7) is 23.3. The Morgan fingerprint density at radius 2 is 1.00 bits per heavy atom. The van der Waals surface area contributed by atoms with Gasteiger partial charge >= 0.3 is 0 Å². The van der Waals surface area contributed by atoms with Crippen molar-refractivity contribution < 1.29 is 24.1 Å². The van der Waals surface area contributed by atoms with Gasteiger partial charge in [0.2, 0.25) is 0 Å². The van der Waals surface area contributed by atoms with Crippen LogP contribution in [0.3, 0.4) is 0 Å². The van der Waals surface area contributed by atoms with Gasteiger partial charge in [-0.2, -0.15) is 0 Å². The van der Waals surface area contributed by atoms with Crippen LogP contribution in [-0.2, 0) is 14.2 Å². The van der Waals surface area contributed by atoms with Crippen molar-refractivity contribution in [3.05, 3.63) is 59.7 Å². The van der Waals surface area contributed by atoms with Crippen molar-refractivity contribution in [2.45, 2.75) is 125 Å². The Balaban J connectivity index is 0.000000568. The summed E-state index contributed by atoms with van der Waals surface area (Å²) >= 11 is 0. The first kappa shape index (κ1) is 36.9. The lowest BCUT2D eigenvalue weighted by atomic mass is 9.99. The maximum Gasteiger partial charge on any atom is 0.196 e. The number of rotatable bonds is 15. The van der Waals surface area contributed by atoms with E-state index in [1.165, 1.54) is 11.1 Å². The molecule has 0 saturated heterocycles. The molecular weight excluding hydrogens is 488 g/mol. The van der Waals surface area contributed by atoms with E-state index in [4.69, 9.17) is 24.1 Å². The van der Waals surface area contributed by atoms with Crippen LogP contribution in [-0.4, -0.2) is 43.4 Å². The van der Waals surface area contributed by atoms with E-state index in [1.54, 1.807) is 12.1 Å². The third-order valence-corrected chi connectivity index (χ3v) is 6.28. The fourth-order valence-electron chi connectivity index (χ4n) is 3.45. The summed E-state index contributed by atoms with van der Waals surface area (Å²) < 4.78 is 21.7. The summed E-state index contributed by atoms with van der Waals surface area (Å²) in [5.41, 5.74) is 2.66. The Hall–Kier alpha value is -2.08. The van der Waals surface area contributed by atoms with Crippen molar-refractivity contribution in [3.8, 4) is 11.5 Å². The zero-order valence-electron chi connectivity index (χ0n) is 26.5. The summed E-state index contributed by atoms with van der Waals surface area (Å²) in [6, 6.07) is 15.7. The van der Waals surface area contributed by atoms with Crippen molar-refractivity contribution in [2.24, 2.45) is 0 Å². The van der Waals surface area contributed by atoms with Gasteiger partial charge in [0.25, 0.3) is 0 Å². The lowest BCUT2D eigenvalue weighted by Gasteiger charge is -2.15. The Labute approximate surface area is 240 Å². The van der Waals surface area contributed by atoms with E-state index in [2.05, 4.69) is 67.5 Å². The van der Waals surface area contributed by atoms with Crippen LogP contribution in [0.1, 0.15) is 118 Å². The van der Waals surface area contributed by atoms with Crippen LogP contribution in [0.5, 0.6) is 11.5 Å². The summed E-state index contributed by atoms with van der Waals surface area (Å²) in [5.74, 6) is 2.42. The normalized spacial score (nSPS) is 13.1. The molecule has 3 unspecified atom stereocenters. The van der Waals surface area contributed by atoms with Gasteiger partial charge in [-0.1, -0.05) is 52.0 Å². The number of unbranched alkanes of at least 4 members (excludes halogenated alkanes) is 1. The fraction of sp³-hybridized carbons (Fsp3) is 0.647. The second-order valence-corrected chi connectivity index (χ2v) is 10.5. The van der Waals surface area contributed by atoms with E-state index in [0.717, 1.165) is 44.6 Å². The average Bonchev–Trinajstić information content (AvgIpc) is 2.91. The number of ether oxygens (including phenoxy) is 4. The van der Waals surface area contributed by atoms with E-state index in [1.807, 2.05) is 38.1 Å². The van der Waals surface area contributed by atoms with Crippen LogP contribution in [0.2, 0.25) is 0 Å². The first-order valence-electron chi connectivity index (χ1n) is 14.9. The molecule has 0 radical (unpaired) electrons. The largest absolute Gasteiger partial charge is 0.508 e. The van der Waals surface area contributed by atoms with Crippen LogP contribution in [0, 0.1) is 0 Å². The molecule has 0 saturated carbocycles. The van der Waals surface area contributed by atoms with E-state index < -0.39 is 0 Å². The Morgan fingerprint density at radius 1 is 0.590 bits per heavy atom. The van der Waals surface area contributed by atoms with Crippen LogP contribution in [0.4, 0.5) is 0 Å². The molecular formula is C34H58O5. The lowest BCUT2D eigenvalue weighted by molar-refractivity contribution is -0.0613. The predicted molar refractivity (Wildman–Crippen MR) is 165 cm³/mol. The van der Waals surface area contributed by atoms with Crippen LogP contribution >= 0.6 is 0 Å². The van der Waals surface area contributed by atoms with Gasteiger partial charge in [0.15, 0.2) is 6.29 Å². The summed E-state index contributed by atoms with van der Waals surface area (Å²) in [5, 5.41) is 9.01. The molecule has 0 aliphatic heterocycles. The molecule has 5 heteroatoms. The van der Waals surface area contributed by atoms with Gasteiger partial charge in [0.1, 0.15) is 11.5 Å². The minimum Gasteiger partial charge on any atom is -0.508 e. The molecule has 5 nitrogen and oxygen atoms in total. The van der Waals surface area contributed by atoms with Gasteiger partial charge in [-0.3, -0.25) is 0 Å². The number of hydrogen-bond donors (Lipinski definition) is 1. The molecule has 0 aliphatic rings. The zero-order chi connectivity index (χ0) is 29.6. The van der Waals surface area contributed by atoms with Crippen LogP contribution in [0.15, 0.2) is 48.5 Å². The highest BCUT2D eigenvalue weighted by molar-refractivity contribution is 5.29. The molecule has 2 rings (SSSR count). The van der Waals surface area contributed by atoms with Gasteiger partial charge in [-0.15, -0.1) is 0 Å². The molecule has 0 aromatic heterocycles. The summed E-state index contributed by atoms with van der Waals surface area (Å²) in [7, 11) is 0. The molecule has 0 heterocycles. The van der Waals surface area contributed by atoms with Gasteiger partial charge in [0.05, 0.1) is 12.2 Å². The quantitative estimate of drug-likeness (QED) is 0.178. The predicted octanol–water partition coefficient (Wildman–Crippen LogP) is 9.48. The Kier molecular flexibility index (Phi) is 21.5. The first-order chi connectivity index (χ1) is 18.5. The molecule has 0 aliphatic carbocycles. The van der Waals surface area contributed by atoms with Crippen molar-refractivity contribution >= 4 is 0 Å². The third-order valence-electron chi connectivity index (χ3n) is 6.28. The number of aromatic hydroxyl groups is 1. The molecule has 0 spiro atoms. The van der Waals surface area contributed by atoms with Crippen molar-refractivity contribution in [1.82, 2.24) is 0 Å². The Morgan fingerprint density at radius 3 is 1.36 bits per heavy atom. The van der Waals surface area contributed by atoms with E-state index in [0.29, 0.717) is 36.4 Å². The second-order valence-electron chi connectivity index (χ2n) is 10.5. The van der Waals surface area contributed by atoms with Gasteiger partial charge in [-0.05, 0) is 114 Å². The molecule has 0 amide bonds. The smallest absolute Gasteiger partial charge is 0.196 e. The maximum absolute atomic E-state index is 9.01. The highest BCUT2D eigenvalue weighted by Gasteiger charge is 2.05. The minimum atomic E-state index is -0.181. The molecule has 39 heavy (non-hydrogen) atoms. The topological polar surface area (TPSA) is 57.2 Å². The van der Waals surface area contributed by atoms with E-state index >= 15 is 0 Å². The third kappa shape index (κ3) is 19.6. The molecule has 0 fully saturated rings. The zero-order valence-corrected chi connectivity index (χ0v) is 26.5. The number of hydrogen-bond acceptors (Lipinski definition) is 5. The molecule has 2 aromatic rings. The van der Waals surface area contributed by atoms with Crippen molar-refractivity contribution in [3.63, 3.8) is 0 Å². The summed E-state index contributed by atoms with van der Waals surface area (Å²) in [4.78, 5) is 0. The molecule has 0 bridgehead atoms. The van der Waals surface area contributed by atoms with Crippen LogP contribution < -0.4 is 4.74 Å². The van der Waals surface area contributed by atoms with Gasteiger partial charge in [-0.25, -0.2) is 0 Å². The Bertz CT molecular complexity index is 789. The van der Waals surface area contributed by atoms with Crippen molar-refractivity contribution in [2.75, 3.05) is 19.8 Å². The minimum absolute atomic E-state index is 0.181. The highest BCUT2D eigenvalue weighted by Crippen LogP contribution is 2.22. The molecule has 224 valence electrons. The second kappa shape index (κ2) is 22.7. The van der Waals surface area contributed by atoms with Gasteiger partial charge < -0.3 is 24.1 Å². The van der Waals surface area contributed by atoms with Crippen LogP contribution in [0.25, 0.3) is 0 Å². The van der Waals surface area contributed by atoms with Gasteiger partial charge in [0, 0.05) is 19.8 Å². The SMILES string of the molecule is CC(C)OCCCCOC(C)C.CCC(C)c1ccc(O)cc1.CCOC(C)Oc1ccc(C(C)CC)cc1. The monoisotopic (exact) mass is 546 g/mol. The standard InChI is InChI=1S/C14H22O2.C10H22O2.C10H14O/c1-5-11(3)13-7-9-14(10-8-13)16-12(4)15-6-2;1-9(2)11-7-5-6-8-12-10(3)4;1-3-8(2)9-4-6-10(11)7-5-9/h7-12H,5-6H2,1-4H3;9-10H,5-8H2,1-4H3;4-8,11H,3H2,1-2H3. The van der Waals surface area contributed by atoms with Crippen molar-refractivity contribution in [1.29, 1.82) is 0 Å². The first-order valence-corrected chi connectivity index (χ1v) is 14.9. The fourth-order valence-corrected chi connectivity index (χ4v) is 3.45. The maximum atomic E-state index is 9.01. The number of phenolic OH excluding ortho intramolecular Hbond substituents is 1. The van der Waals surface area contributed by atoms with E-state index in [9.17, 15) is 0 Å². The average molecular weight is 547 g/mol. The molecule has 2 aromatic carbocycles. The number of phenols is 1. The van der Waals surface area contributed by atoms with E-state index in [-0.39, 0.29) is 6.29 Å².